The lowest BCUT2D eigenvalue weighted by atomic mass is 9.84. The minimum Gasteiger partial charge on any atom is -0.480 e. The van der Waals surface area contributed by atoms with Gasteiger partial charge in [0.25, 0.3) is 0 Å². The summed E-state index contributed by atoms with van der Waals surface area (Å²) < 4.78 is 0. The number of nitrogens with one attached hydrogen (secondary N) is 1. The van der Waals surface area contributed by atoms with Crippen LogP contribution in [0, 0.1) is 11.8 Å². The van der Waals surface area contributed by atoms with Crippen LogP contribution >= 0.6 is 0 Å². The number of benzene rings is 1. The first-order valence-electron chi connectivity index (χ1n) is 10.5. The molecular weight excluding hydrogens is 338 g/mol. The Morgan fingerprint density at radius 1 is 1.22 bits per heavy atom. The van der Waals surface area contributed by atoms with E-state index in [0.717, 1.165) is 44.9 Å². The molecule has 1 heterocycles. The molecular formula is C22H33N3O2. The van der Waals surface area contributed by atoms with Gasteiger partial charge in [-0.2, -0.15) is 0 Å². The summed E-state index contributed by atoms with van der Waals surface area (Å²) in [5, 5.41) is 13.1. The van der Waals surface area contributed by atoms with Crippen LogP contribution in [0.25, 0.3) is 0 Å². The van der Waals surface area contributed by atoms with Crippen LogP contribution < -0.4 is 5.32 Å². The molecule has 2 atom stereocenters. The van der Waals surface area contributed by atoms with Crippen molar-refractivity contribution >= 4 is 5.97 Å². The summed E-state index contributed by atoms with van der Waals surface area (Å²) in [4.78, 5) is 16.0. The first-order chi connectivity index (χ1) is 13.1. The number of carbonyl (C=O) groups is 1. The number of carboxylic acid groups (broad SMARTS) is 1. The van der Waals surface area contributed by atoms with Crippen LogP contribution in [-0.4, -0.2) is 65.2 Å². The zero-order valence-electron chi connectivity index (χ0n) is 16.4. The lowest BCUT2D eigenvalue weighted by Gasteiger charge is -2.44. The fourth-order valence-electron chi connectivity index (χ4n) is 4.73. The third kappa shape index (κ3) is 5.09. The van der Waals surface area contributed by atoms with E-state index in [-0.39, 0.29) is 6.54 Å². The minimum atomic E-state index is -0.687. The van der Waals surface area contributed by atoms with E-state index in [2.05, 4.69) is 52.4 Å². The lowest BCUT2D eigenvalue weighted by molar-refractivity contribution is -0.139. The van der Waals surface area contributed by atoms with Crippen molar-refractivity contribution in [1.29, 1.82) is 0 Å². The third-order valence-electron chi connectivity index (χ3n) is 6.54. The van der Waals surface area contributed by atoms with Gasteiger partial charge in [-0.15, -0.1) is 0 Å². The molecule has 2 aliphatic carbocycles. The molecule has 1 aromatic rings. The summed E-state index contributed by atoms with van der Waals surface area (Å²) >= 11 is 0. The monoisotopic (exact) mass is 371 g/mol. The van der Waals surface area contributed by atoms with E-state index in [0.29, 0.717) is 24.0 Å². The molecule has 27 heavy (non-hydrogen) atoms. The third-order valence-corrected chi connectivity index (χ3v) is 6.54. The van der Waals surface area contributed by atoms with Crippen molar-refractivity contribution in [2.24, 2.45) is 11.8 Å². The maximum absolute atomic E-state index is 11.2. The Balaban J connectivity index is 1.22. The number of nitrogens with zero attached hydrogens (tertiary/aromatic N) is 2. The van der Waals surface area contributed by atoms with Crippen molar-refractivity contribution in [3.63, 3.8) is 0 Å². The maximum Gasteiger partial charge on any atom is 0.317 e. The van der Waals surface area contributed by atoms with E-state index in [1.165, 1.54) is 18.4 Å². The number of aliphatic carboxylic acids is 1. The predicted molar refractivity (Wildman–Crippen MR) is 107 cm³/mol. The van der Waals surface area contributed by atoms with Gasteiger partial charge >= 0.3 is 5.97 Å². The summed E-state index contributed by atoms with van der Waals surface area (Å²) in [5.41, 5.74) is 1.39. The summed E-state index contributed by atoms with van der Waals surface area (Å²) in [5.74, 6) is 0.722. The summed E-state index contributed by atoms with van der Waals surface area (Å²) in [6, 6.07) is 12.3. The van der Waals surface area contributed by atoms with Crippen LogP contribution in [0.5, 0.6) is 0 Å². The van der Waals surface area contributed by atoms with Crippen LogP contribution in [0.15, 0.2) is 30.3 Å². The molecule has 1 aromatic carbocycles. The quantitative estimate of drug-likeness (QED) is 0.698. The van der Waals surface area contributed by atoms with Gasteiger partial charge in [-0.1, -0.05) is 37.3 Å². The summed E-state index contributed by atoms with van der Waals surface area (Å²) in [6.07, 6.45) is 4.76. The van der Waals surface area contributed by atoms with Crippen molar-refractivity contribution < 1.29 is 9.90 Å². The fraction of sp³-hybridized carbons (Fsp3) is 0.682. The average Bonchev–Trinajstić information content (AvgIpc) is 3.33. The molecule has 4 rings (SSSR count). The highest BCUT2D eigenvalue weighted by atomic mass is 16.4. The molecule has 2 saturated carbocycles. The van der Waals surface area contributed by atoms with E-state index in [1.54, 1.807) is 0 Å². The predicted octanol–water partition coefficient (Wildman–Crippen LogP) is 2.42. The number of hydrogen-bond acceptors (Lipinski definition) is 4. The first-order valence-corrected chi connectivity index (χ1v) is 10.5. The zero-order valence-corrected chi connectivity index (χ0v) is 16.4. The standard InChI is InChI=1S/C22H33N3O2/c1-16-11-24(12-17-5-3-2-4-6-17)14-21(16)23-19-9-20(10-19)25(15-22(26)27)13-18-7-8-18/h2-6,16,18-21,23H,7-15H2,1H3,(H,26,27). The van der Waals surface area contributed by atoms with Crippen molar-refractivity contribution in [2.45, 2.75) is 57.3 Å². The van der Waals surface area contributed by atoms with E-state index in [1.807, 2.05) is 0 Å². The summed E-state index contributed by atoms with van der Waals surface area (Å²) in [7, 11) is 0. The largest absolute Gasteiger partial charge is 0.480 e. The Kier molecular flexibility index (Phi) is 5.81. The van der Waals surface area contributed by atoms with E-state index in [4.69, 9.17) is 0 Å². The van der Waals surface area contributed by atoms with Gasteiger partial charge in [0.1, 0.15) is 0 Å². The highest BCUT2D eigenvalue weighted by Gasteiger charge is 2.39. The van der Waals surface area contributed by atoms with Crippen molar-refractivity contribution in [2.75, 3.05) is 26.2 Å². The van der Waals surface area contributed by atoms with Crippen molar-refractivity contribution in [1.82, 2.24) is 15.1 Å². The van der Waals surface area contributed by atoms with Crippen molar-refractivity contribution in [3.05, 3.63) is 35.9 Å². The highest BCUT2D eigenvalue weighted by molar-refractivity contribution is 5.69. The van der Waals surface area contributed by atoms with Crippen LogP contribution in [-0.2, 0) is 11.3 Å². The second-order valence-corrected chi connectivity index (χ2v) is 9.02. The Hall–Kier alpha value is -1.43. The van der Waals surface area contributed by atoms with Crippen LogP contribution in [0.4, 0.5) is 0 Å². The molecule has 1 saturated heterocycles. The second-order valence-electron chi connectivity index (χ2n) is 9.02. The number of rotatable bonds is 9. The van der Waals surface area contributed by atoms with E-state index in [9.17, 15) is 9.90 Å². The number of hydrogen-bond donors (Lipinski definition) is 2. The normalized spacial score (nSPS) is 31.2. The SMILES string of the molecule is CC1CN(Cc2ccccc2)CC1NC1CC(N(CC(=O)O)CC2CC2)C1. The van der Waals surface area contributed by atoms with Gasteiger partial charge in [-0.25, -0.2) is 0 Å². The molecule has 5 nitrogen and oxygen atoms in total. The molecule has 1 aliphatic heterocycles. The Morgan fingerprint density at radius 2 is 1.96 bits per heavy atom. The minimum absolute atomic E-state index is 0.207. The van der Waals surface area contributed by atoms with Crippen LogP contribution in [0.3, 0.4) is 0 Å². The average molecular weight is 372 g/mol. The molecule has 148 valence electrons. The molecule has 0 aromatic heterocycles. The molecule has 5 heteroatoms. The Morgan fingerprint density at radius 3 is 2.63 bits per heavy atom. The molecule has 0 amide bonds. The maximum atomic E-state index is 11.2. The second kappa shape index (κ2) is 8.29. The molecule has 0 spiro atoms. The van der Waals surface area contributed by atoms with Gasteiger partial charge in [0.05, 0.1) is 6.54 Å². The molecule has 3 aliphatic rings. The van der Waals surface area contributed by atoms with Gasteiger partial charge in [-0.3, -0.25) is 14.6 Å². The first kappa shape index (κ1) is 18.9. The van der Waals surface area contributed by atoms with E-state index < -0.39 is 5.97 Å². The Labute approximate surface area is 162 Å². The van der Waals surface area contributed by atoms with Crippen LogP contribution in [0.2, 0.25) is 0 Å². The lowest BCUT2D eigenvalue weighted by Crippen LogP contribution is -2.57. The van der Waals surface area contributed by atoms with Gasteiger partial charge in [0, 0.05) is 44.3 Å². The highest BCUT2D eigenvalue weighted by Crippen LogP contribution is 2.34. The number of carboxylic acids is 1. The fourth-order valence-corrected chi connectivity index (χ4v) is 4.73. The van der Waals surface area contributed by atoms with Crippen LogP contribution in [0.1, 0.15) is 38.2 Å². The van der Waals surface area contributed by atoms with Gasteiger partial charge in [0.2, 0.25) is 0 Å². The number of likely N-dealkylation sites (tertiary alicyclic amines) is 1. The van der Waals surface area contributed by atoms with Gasteiger partial charge in [-0.05, 0) is 43.1 Å². The molecule has 0 bridgehead atoms. The molecule has 2 unspecified atom stereocenters. The molecule has 0 radical (unpaired) electrons. The van der Waals surface area contributed by atoms with Gasteiger partial charge in [0.15, 0.2) is 0 Å². The molecule has 3 fully saturated rings. The van der Waals surface area contributed by atoms with E-state index >= 15 is 0 Å². The zero-order chi connectivity index (χ0) is 18.8. The summed E-state index contributed by atoms with van der Waals surface area (Å²) in [6.45, 7) is 6.83. The van der Waals surface area contributed by atoms with Gasteiger partial charge < -0.3 is 10.4 Å². The Bertz CT molecular complexity index is 628. The topological polar surface area (TPSA) is 55.8 Å². The molecule has 2 N–H and O–H groups in total. The smallest absolute Gasteiger partial charge is 0.317 e. The van der Waals surface area contributed by atoms with Crippen molar-refractivity contribution in [3.8, 4) is 0 Å².